The van der Waals surface area contributed by atoms with E-state index in [0.29, 0.717) is 31.8 Å². The summed E-state index contributed by atoms with van der Waals surface area (Å²) in [5.41, 5.74) is 5.44. The molecule has 170 valence electrons. The molecule has 0 spiro atoms. The van der Waals surface area contributed by atoms with Crippen LogP contribution in [0.25, 0.3) is 11.1 Å². The van der Waals surface area contributed by atoms with Crippen LogP contribution in [-0.4, -0.2) is 43.5 Å². The number of carbonyl (C=O) groups is 2. The van der Waals surface area contributed by atoms with Gasteiger partial charge in [-0.1, -0.05) is 72.3 Å². The summed E-state index contributed by atoms with van der Waals surface area (Å²) in [7, 11) is 1.61. The lowest BCUT2D eigenvalue weighted by molar-refractivity contribution is -0.131. The second-order valence-electron chi connectivity index (χ2n) is 8.54. The zero-order valence-electron chi connectivity index (χ0n) is 19.2. The van der Waals surface area contributed by atoms with Gasteiger partial charge in [-0.3, -0.25) is 9.59 Å². The lowest BCUT2D eigenvalue weighted by atomic mass is 9.91. The zero-order chi connectivity index (χ0) is 23.2. The van der Waals surface area contributed by atoms with Crippen LogP contribution in [0, 0.1) is 12.8 Å². The van der Waals surface area contributed by atoms with Crippen molar-refractivity contribution in [2.24, 2.45) is 5.92 Å². The van der Waals surface area contributed by atoms with Gasteiger partial charge in [-0.25, -0.2) is 0 Å². The zero-order valence-corrected chi connectivity index (χ0v) is 19.2. The van der Waals surface area contributed by atoms with E-state index in [-0.39, 0.29) is 24.2 Å². The first-order valence-electron chi connectivity index (χ1n) is 11.4. The summed E-state index contributed by atoms with van der Waals surface area (Å²) in [5.74, 6) is 0.410. The third-order valence-corrected chi connectivity index (χ3v) is 6.23. The second-order valence-corrected chi connectivity index (χ2v) is 8.54. The largest absolute Gasteiger partial charge is 0.496 e. The van der Waals surface area contributed by atoms with Crippen molar-refractivity contribution in [2.75, 3.05) is 26.7 Å². The molecule has 4 rings (SSSR count). The van der Waals surface area contributed by atoms with Gasteiger partial charge < -0.3 is 15.0 Å². The molecule has 3 aromatic carbocycles. The molecule has 1 atom stereocenters. The van der Waals surface area contributed by atoms with Crippen molar-refractivity contribution in [3.63, 3.8) is 0 Å². The van der Waals surface area contributed by atoms with Gasteiger partial charge in [0.25, 0.3) is 0 Å². The summed E-state index contributed by atoms with van der Waals surface area (Å²) in [4.78, 5) is 27.8. The van der Waals surface area contributed by atoms with Gasteiger partial charge >= 0.3 is 0 Å². The van der Waals surface area contributed by atoms with Gasteiger partial charge in [0.1, 0.15) is 5.75 Å². The van der Waals surface area contributed by atoms with E-state index in [2.05, 4.69) is 48.6 Å². The highest BCUT2D eigenvalue weighted by atomic mass is 16.5. The fourth-order valence-corrected chi connectivity index (χ4v) is 4.38. The highest BCUT2D eigenvalue weighted by Gasteiger charge is 2.28. The van der Waals surface area contributed by atoms with Crippen LogP contribution < -0.4 is 10.1 Å². The summed E-state index contributed by atoms with van der Waals surface area (Å²) < 4.78 is 5.40. The molecule has 0 aromatic heterocycles. The second kappa shape index (κ2) is 10.3. The minimum Gasteiger partial charge on any atom is -0.496 e. The third-order valence-electron chi connectivity index (χ3n) is 6.23. The van der Waals surface area contributed by atoms with Crippen LogP contribution in [0.15, 0.2) is 72.8 Å². The molecule has 1 heterocycles. The first-order chi connectivity index (χ1) is 16.0. The summed E-state index contributed by atoms with van der Waals surface area (Å²) in [6, 6.07) is 24.2. The normalized spacial score (nSPS) is 16.1. The number of ether oxygens (including phenoxy) is 1. The fraction of sp³-hybridized carbons (Fsp3) is 0.286. The number of aryl methyl sites for hydroxylation is 1. The molecule has 0 unspecified atom stereocenters. The molecule has 5 nitrogen and oxygen atoms in total. The van der Waals surface area contributed by atoms with Gasteiger partial charge in [0.2, 0.25) is 11.8 Å². The van der Waals surface area contributed by atoms with Crippen LogP contribution in [0.3, 0.4) is 0 Å². The van der Waals surface area contributed by atoms with Crippen LogP contribution in [0.2, 0.25) is 0 Å². The number of methoxy groups -OCH3 is 1. The maximum Gasteiger partial charge on any atom is 0.227 e. The van der Waals surface area contributed by atoms with E-state index in [4.69, 9.17) is 4.74 Å². The number of hydrogen-bond donors (Lipinski definition) is 1. The van der Waals surface area contributed by atoms with Crippen LogP contribution in [0.5, 0.6) is 5.75 Å². The lowest BCUT2D eigenvalue weighted by Gasteiger charge is -2.24. The third kappa shape index (κ3) is 5.43. The number of amides is 2. The highest BCUT2D eigenvalue weighted by Crippen LogP contribution is 2.27. The SMILES string of the molecule is COc1ccccc1CC(=O)N1CCNC(=O)[C@@H](Cc2ccccc2-c2ccc(C)cc2)C1. The molecule has 0 radical (unpaired) electrons. The molecule has 2 amide bonds. The minimum absolute atomic E-state index is 0.00120. The van der Waals surface area contributed by atoms with E-state index in [1.807, 2.05) is 41.3 Å². The molecule has 3 aromatic rings. The Morgan fingerprint density at radius 1 is 1.00 bits per heavy atom. The van der Waals surface area contributed by atoms with Crippen molar-refractivity contribution in [1.82, 2.24) is 10.2 Å². The average Bonchev–Trinajstić information content (AvgIpc) is 3.02. The van der Waals surface area contributed by atoms with Crippen molar-refractivity contribution >= 4 is 11.8 Å². The van der Waals surface area contributed by atoms with E-state index in [0.717, 1.165) is 22.3 Å². The summed E-state index contributed by atoms with van der Waals surface area (Å²) in [6.07, 6.45) is 0.833. The van der Waals surface area contributed by atoms with Crippen LogP contribution in [0.4, 0.5) is 0 Å². The Hall–Kier alpha value is -3.60. The quantitative estimate of drug-likeness (QED) is 0.627. The molecule has 0 bridgehead atoms. The van der Waals surface area contributed by atoms with Gasteiger partial charge in [0.15, 0.2) is 0 Å². The molecule has 1 N–H and O–H groups in total. The molecule has 5 heteroatoms. The first kappa shape index (κ1) is 22.6. The number of carbonyl (C=O) groups excluding carboxylic acids is 2. The summed E-state index contributed by atoms with van der Waals surface area (Å²) in [6.45, 7) is 3.45. The molecular formula is C28H30N2O3. The summed E-state index contributed by atoms with van der Waals surface area (Å²) in [5, 5.41) is 3.00. The minimum atomic E-state index is -0.305. The molecular weight excluding hydrogens is 412 g/mol. The van der Waals surface area contributed by atoms with Crippen LogP contribution >= 0.6 is 0 Å². The van der Waals surface area contributed by atoms with Crippen molar-refractivity contribution in [3.05, 3.63) is 89.5 Å². The predicted octanol–water partition coefficient (Wildman–Crippen LogP) is 4.03. The van der Waals surface area contributed by atoms with E-state index in [1.54, 1.807) is 7.11 Å². The van der Waals surface area contributed by atoms with E-state index in [1.165, 1.54) is 5.56 Å². The van der Waals surface area contributed by atoms with Gasteiger partial charge in [-0.15, -0.1) is 0 Å². The highest BCUT2D eigenvalue weighted by molar-refractivity contribution is 5.83. The van der Waals surface area contributed by atoms with Crippen LogP contribution in [0.1, 0.15) is 16.7 Å². The fourth-order valence-electron chi connectivity index (χ4n) is 4.38. The Morgan fingerprint density at radius 3 is 2.45 bits per heavy atom. The number of rotatable bonds is 6. The molecule has 1 aliphatic heterocycles. The van der Waals surface area contributed by atoms with Crippen molar-refractivity contribution < 1.29 is 14.3 Å². The molecule has 1 saturated heterocycles. The average molecular weight is 443 g/mol. The topological polar surface area (TPSA) is 58.6 Å². The van der Waals surface area contributed by atoms with Crippen molar-refractivity contribution in [2.45, 2.75) is 19.8 Å². The van der Waals surface area contributed by atoms with E-state index < -0.39 is 0 Å². The Bertz CT molecular complexity index is 1120. The maximum atomic E-state index is 13.1. The first-order valence-corrected chi connectivity index (χ1v) is 11.4. The monoisotopic (exact) mass is 442 g/mol. The summed E-state index contributed by atoms with van der Waals surface area (Å²) >= 11 is 0. The smallest absolute Gasteiger partial charge is 0.227 e. The van der Waals surface area contributed by atoms with E-state index in [9.17, 15) is 9.59 Å². The molecule has 0 saturated carbocycles. The number of benzene rings is 3. The Labute approximate surface area is 195 Å². The van der Waals surface area contributed by atoms with Gasteiger partial charge in [0.05, 0.1) is 19.4 Å². The number of nitrogens with one attached hydrogen (secondary N) is 1. The maximum absolute atomic E-state index is 13.1. The van der Waals surface area contributed by atoms with Gasteiger partial charge in [0, 0.05) is 25.2 Å². The van der Waals surface area contributed by atoms with Crippen molar-refractivity contribution in [3.8, 4) is 16.9 Å². The molecule has 33 heavy (non-hydrogen) atoms. The number of hydrogen-bond acceptors (Lipinski definition) is 3. The van der Waals surface area contributed by atoms with Crippen molar-refractivity contribution in [1.29, 1.82) is 0 Å². The van der Waals surface area contributed by atoms with Gasteiger partial charge in [-0.05, 0) is 36.1 Å². The number of para-hydroxylation sites is 1. The van der Waals surface area contributed by atoms with Gasteiger partial charge in [-0.2, -0.15) is 0 Å². The lowest BCUT2D eigenvalue weighted by Crippen LogP contribution is -2.38. The molecule has 1 fully saturated rings. The van der Waals surface area contributed by atoms with Crippen LogP contribution in [-0.2, 0) is 22.4 Å². The Morgan fingerprint density at radius 2 is 1.70 bits per heavy atom. The Kier molecular flexibility index (Phi) is 7.08. The molecule has 1 aliphatic rings. The standard InChI is InChI=1S/C28H30N2O3/c1-20-11-13-21(14-12-20)25-9-5-3-7-22(25)17-24-19-30(16-15-29-28(24)32)27(31)18-23-8-4-6-10-26(23)33-2/h3-14,24H,15-19H2,1-2H3,(H,29,32)/t24-/m0/s1. The van der Waals surface area contributed by atoms with E-state index >= 15 is 0 Å². The molecule has 0 aliphatic carbocycles. The predicted molar refractivity (Wildman–Crippen MR) is 130 cm³/mol. The Balaban J connectivity index is 1.53. The number of nitrogens with zero attached hydrogens (tertiary/aromatic N) is 1.